The van der Waals surface area contributed by atoms with Crippen LogP contribution >= 0.6 is 11.3 Å². The molecule has 2 heteroatoms. The summed E-state index contributed by atoms with van der Waals surface area (Å²) in [5, 5.41) is 1.12. The molecule has 0 aliphatic heterocycles. The number of hydrogen-bond donors (Lipinski definition) is 0. The van der Waals surface area contributed by atoms with Crippen LogP contribution in [0.3, 0.4) is 0 Å². The third-order valence-corrected chi connectivity index (χ3v) is 3.44. The minimum absolute atomic E-state index is 0.599. The van der Waals surface area contributed by atoms with Gasteiger partial charge in [-0.25, -0.2) is 4.98 Å². The highest BCUT2D eigenvalue weighted by atomic mass is 32.1. The zero-order valence-electron chi connectivity index (χ0n) is 9.32. The van der Waals surface area contributed by atoms with Gasteiger partial charge in [-0.15, -0.1) is 11.3 Å². The summed E-state index contributed by atoms with van der Waals surface area (Å²) in [5.41, 5.74) is 2.66. The summed E-state index contributed by atoms with van der Waals surface area (Å²) >= 11 is 1.74. The lowest BCUT2D eigenvalue weighted by Crippen LogP contribution is -1.85. The van der Waals surface area contributed by atoms with Crippen LogP contribution < -0.4 is 0 Å². The average molecular weight is 217 g/mol. The first-order valence-electron chi connectivity index (χ1n) is 5.19. The predicted octanol–water partition coefficient (Wildman–Crippen LogP) is 4.24. The Kier molecular flexibility index (Phi) is 2.87. The standard InChI is InChI=1S/C13H15NS/c1-9(2)11-4-6-12(7-5-11)13-8-14-10(3)15-13/h4-9H,1-3H3. The average Bonchev–Trinajstić information content (AvgIpc) is 2.65. The number of hydrogen-bond acceptors (Lipinski definition) is 2. The summed E-state index contributed by atoms with van der Waals surface area (Å²) < 4.78 is 0. The number of thiazole rings is 1. The lowest BCUT2D eigenvalue weighted by atomic mass is 10.0. The first-order chi connectivity index (χ1) is 7.16. The summed E-state index contributed by atoms with van der Waals surface area (Å²) in [6.07, 6.45) is 1.95. The van der Waals surface area contributed by atoms with Crippen LogP contribution in [0.5, 0.6) is 0 Å². The molecule has 0 saturated heterocycles. The lowest BCUT2D eigenvalue weighted by molar-refractivity contribution is 0.867. The topological polar surface area (TPSA) is 12.9 Å². The van der Waals surface area contributed by atoms with Crippen LogP contribution in [0.15, 0.2) is 30.5 Å². The Hall–Kier alpha value is -1.15. The van der Waals surface area contributed by atoms with Crippen molar-refractivity contribution >= 4 is 11.3 Å². The van der Waals surface area contributed by atoms with Crippen molar-refractivity contribution in [2.75, 3.05) is 0 Å². The quantitative estimate of drug-likeness (QED) is 0.733. The molecule has 78 valence electrons. The van der Waals surface area contributed by atoms with Gasteiger partial charge in [-0.3, -0.25) is 0 Å². The molecule has 1 nitrogen and oxygen atoms in total. The maximum absolute atomic E-state index is 4.27. The highest BCUT2D eigenvalue weighted by Crippen LogP contribution is 2.27. The molecule has 0 spiro atoms. The molecule has 0 aliphatic rings. The van der Waals surface area contributed by atoms with Gasteiger partial charge in [0.05, 0.1) is 9.88 Å². The van der Waals surface area contributed by atoms with Gasteiger partial charge in [0, 0.05) is 6.20 Å². The van der Waals surface area contributed by atoms with Crippen LogP contribution in [-0.4, -0.2) is 4.98 Å². The summed E-state index contributed by atoms with van der Waals surface area (Å²) in [6.45, 7) is 6.47. The van der Waals surface area contributed by atoms with Gasteiger partial charge in [0.25, 0.3) is 0 Å². The predicted molar refractivity (Wildman–Crippen MR) is 66.4 cm³/mol. The van der Waals surface area contributed by atoms with Gasteiger partial charge in [-0.05, 0) is 24.0 Å². The van der Waals surface area contributed by atoms with Gasteiger partial charge in [0.1, 0.15) is 0 Å². The molecule has 1 aromatic heterocycles. The highest BCUT2D eigenvalue weighted by Gasteiger charge is 2.03. The minimum Gasteiger partial charge on any atom is -0.249 e. The number of rotatable bonds is 2. The van der Waals surface area contributed by atoms with Crippen molar-refractivity contribution in [2.24, 2.45) is 0 Å². The summed E-state index contributed by atoms with van der Waals surface area (Å²) in [7, 11) is 0. The van der Waals surface area contributed by atoms with E-state index in [1.54, 1.807) is 11.3 Å². The van der Waals surface area contributed by atoms with E-state index in [1.165, 1.54) is 16.0 Å². The second-order valence-corrected chi connectivity index (χ2v) is 5.26. The van der Waals surface area contributed by atoms with Gasteiger partial charge in [0.15, 0.2) is 0 Å². The number of nitrogens with zero attached hydrogens (tertiary/aromatic N) is 1. The fourth-order valence-corrected chi connectivity index (χ4v) is 2.31. The van der Waals surface area contributed by atoms with E-state index in [0.29, 0.717) is 5.92 Å². The van der Waals surface area contributed by atoms with Crippen molar-refractivity contribution in [1.29, 1.82) is 0 Å². The fraction of sp³-hybridized carbons (Fsp3) is 0.308. The minimum atomic E-state index is 0.599. The largest absolute Gasteiger partial charge is 0.249 e. The zero-order valence-corrected chi connectivity index (χ0v) is 10.1. The van der Waals surface area contributed by atoms with Gasteiger partial charge < -0.3 is 0 Å². The Balaban J connectivity index is 2.31. The van der Waals surface area contributed by atoms with E-state index >= 15 is 0 Å². The molecule has 15 heavy (non-hydrogen) atoms. The Bertz CT molecular complexity index is 440. The molecular formula is C13H15NS. The number of aromatic nitrogens is 1. The molecule has 1 aromatic carbocycles. The fourth-order valence-electron chi connectivity index (χ4n) is 1.53. The molecule has 0 bridgehead atoms. The Labute approximate surface area is 94.8 Å². The van der Waals surface area contributed by atoms with Crippen LogP contribution in [0.1, 0.15) is 30.3 Å². The van der Waals surface area contributed by atoms with Crippen molar-refractivity contribution in [2.45, 2.75) is 26.7 Å². The van der Waals surface area contributed by atoms with Crippen molar-refractivity contribution in [3.8, 4) is 10.4 Å². The molecule has 1 heterocycles. The van der Waals surface area contributed by atoms with Crippen molar-refractivity contribution < 1.29 is 0 Å². The summed E-state index contributed by atoms with van der Waals surface area (Å²) in [5.74, 6) is 0.599. The molecule has 0 unspecified atom stereocenters. The molecule has 0 fully saturated rings. The van der Waals surface area contributed by atoms with Crippen LogP contribution in [-0.2, 0) is 0 Å². The molecule has 0 radical (unpaired) electrons. The summed E-state index contributed by atoms with van der Waals surface area (Å²) in [4.78, 5) is 5.52. The molecule has 0 aliphatic carbocycles. The summed E-state index contributed by atoms with van der Waals surface area (Å²) in [6, 6.07) is 8.77. The van der Waals surface area contributed by atoms with E-state index < -0.39 is 0 Å². The Morgan fingerprint density at radius 3 is 2.27 bits per heavy atom. The Morgan fingerprint density at radius 1 is 1.13 bits per heavy atom. The molecular weight excluding hydrogens is 202 g/mol. The van der Waals surface area contributed by atoms with Crippen LogP contribution in [0.25, 0.3) is 10.4 Å². The lowest BCUT2D eigenvalue weighted by Gasteiger charge is -2.05. The van der Waals surface area contributed by atoms with Crippen molar-refractivity contribution in [3.05, 3.63) is 41.0 Å². The highest BCUT2D eigenvalue weighted by molar-refractivity contribution is 7.15. The molecule has 0 N–H and O–H groups in total. The Morgan fingerprint density at radius 2 is 1.80 bits per heavy atom. The number of aryl methyl sites for hydroxylation is 1. The molecule has 2 rings (SSSR count). The molecule has 2 aromatic rings. The van der Waals surface area contributed by atoms with Gasteiger partial charge in [-0.1, -0.05) is 38.1 Å². The molecule has 0 saturated carbocycles. The van der Waals surface area contributed by atoms with E-state index in [9.17, 15) is 0 Å². The van der Waals surface area contributed by atoms with E-state index in [1.807, 2.05) is 13.1 Å². The number of benzene rings is 1. The first kappa shape index (κ1) is 10.4. The van der Waals surface area contributed by atoms with Crippen LogP contribution in [0, 0.1) is 6.92 Å². The second kappa shape index (κ2) is 4.15. The monoisotopic (exact) mass is 217 g/mol. The van der Waals surface area contributed by atoms with E-state index in [2.05, 4.69) is 43.1 Å². The van der Waals surface area contributed by atoms with Crippen molar-refractivity contribution in [3.63, 3.8) is 0 Å². The SMILES string of the molecule is Cc1ncc(-c2ccc(C(C)C)cc2)s1. The van der Waals surface area contributed by atoms with E-state index in [0.717, 1.165) is 5.01 Å². The van der Waals surface area contributed by atoms with Crippen LogP contribution in [0.2, 0.25) is 0 Å². The molecule has 0 amide bonds. The smallest absolute Gasteiger partial charge is 0.0900 e. The maximum atomic E-state index is 4.27. The normalized spacial score (nSPS) is 10.9. The van der Waals surface area contributed by atoms with Crippen molar-refractivity contribution in [1.82, 2.24) is 4.98 Å². The maximum Gasteiger partial charge on any atom is 0.0900 e. The first-order valence-corrected chi connectivity index (χ1v) is 6.01. The van der Waals surface area contributed by atoms with Gasteiger partial charge in [-0.2, -0.15) is 0 Å². The third-order valence-electron chi connectivity index (χ3n) is 2.48. The van der Waals surface area contributed by atoms with Gasteiger partial charge in [0.2, 0.25) is 0 Å². The third kappa shape index (κ3) is 2.26. The zero-order chi connectivity index (χ0) is 10.8. The van der Waals surface area contributed by atoms with E-state index in [-0.39, 0.29) is 0 Å². The molecule has 0 atom stereocenters. The second-order valence-electron chi connectivity index (χ2n) is 4.02. The van der Waals surface area contributed by atoms with Crippen LogP contribution in [0.4, 0.5) is 0 Å². The van der Waals surface area contributed by atoms with E-state index in [4.69, 9.17) is 0 Å². The van der Waals surface area contributed by atoms with Gasteiger partial charge >= 0.3 is 0 Å².